The van der Waals surface area contributed by atoms with E-state index < -0.39 is 5.97 Å². The van der Waals surface area contributed by atoms with Crippen LogP contribution in [0, 0.1) is 5.92 Å². The predicted octanol–water partition coefficient (Wildman–Crippen LogP) is 3.06. The lowest BCUT2D eigenvalue weighted by Crippen LogP contribution is -2.46. The van der Waals surface area contributed by atoms with Gasteiger partial charge in [0.15, 0.2) is 0 Å². The summed E-state index contributed by atoms with van der Waals surface area (Å²) in [6, 6.07) is 6.53. The Bertz CT molecular complexity index is 538. The molecule has 1 fully saturated rings. The van der Waals surface area contributed by atoms with Gasteiger partial charge in [-0.3, -0.25) is 4.90 Å². The number of carboxylic acid groups (broad SMARTS) is 1. The van der Waals surface area contributed by atoms with Gasteiger partial charge >= 0.3 is 12.0 Å². The first-order valence-electron chi connectivity index (χ1n) is 7.28. The summed E-state index contributed by atoms with van der Waals surface area (Å²) in [6.45, 7) is 4.71. The molecule has 1 aromatic rings. The zero-order valence-corrected chi connectivity index (χ0v) is 12.7. The maximum atomic E-state index is 12.7. The predicted molar refractivity (Wildman–Crippen MR) is 81.8 cm³/mol. The number of benzene rings is 1. The highest BCUT2D eigenvalue weighted by molar-refractivity contribution is 6.01. The Morgan fingerprint density at radius 3 is 2.43 bits per heavy atom. The molecule has 1 N–H and O–H groups in total. The highest BCUT2D eigenvalue weighted by Crippen LogP contribution is 2.31. The van der Waals surface area contributed by atoms with Gasteiger partial charge in [0.2, 0.25) is 0 Å². The molecule has 1 aliphatic carbocycles. The van der Waals surface area contributed by atoms with E-state index >= 15 is 0 Å². The second kappa shape index (κ2) is 6.16. The lowest BCUT2D eigenvalue weighted by Gasteiger charge is -2.32. The summed E-state index contributed by atoms with van der Waals surface area (Å²) in [7, 11) is 1.63. The highest BCUT2D eigenvalue weighted by atomic mass is 16.4. The van der Waals surface area contributed by atoms with Gasteiger partial charge < -0.3 is 10.0 Å². The fourth-order valence-electron chi connectivity index (χ4n) is 2.33. The molecule has 0 spiro atoms. The number of carboxylic acids is 1. The zero-order chi connectivity index (χ0) is 15.6. The second-order valence-corrected chi connectivity index (χ2v) is 5.85. The minimum absolute atomic E-state index is 0.0949. The van der Waals surface area contributed by atoms with Crippen molar-refractivity contribution in [3.05, 3.63) is 29.8 Å². The molecule has 0 heterocycles. The molecule has 5 heteroatoms. The van der Waals surface area contributed by atoms with E-state index in [2.05, 4.69) is 0 Å². The van der Waals surface area contributed by atoms with Crippen molar-refractivity contribution in [3.8, 4) is 0 Å². The summed E-state index contributed by atoms with van der Waals surface area (Å²) in [5.41, 5.74) is 0.569. The number of hydrogen-bond donors (Lipinski definition) is 1. The molecule has 5 nitrogen and oxygen atoms in total. The first kappa shape index (κ1) is 15.4. The Hall–Kier alpha value is -2.04. The van der Waals surface area contributed by atoms with Crippen molar-refractivity contribution in [3.63, 3.8) is 0 Å². The third-order valence-corrected chi connectivity index (χ3v) is 3.80. The van der Waals surface area contributed by atoms with Crippen LogP contribution in [0.4, 0.5) is 10.5 Å². The first-order chi connectivity index (χ1) is 9.91. The van der Waals surface area contributed by atoms with Crippen LogP contribution in [0.15, 0.2) is 24.3 Å². The van der Waals surface area contributed by atoms with E-state index in [1.807, 2.05) is 18.7 Å². The summed E-state index contributed by atoms with van der Waals surface area (Å²) in [5, 5.41) is 9.25. The second-order valence-electron chi connectivity index (χ2n) is 5.85. The van der Waals surface area contributed by atoms with E-state index in [4.69, 9.17) is 0 Å². The van der Waals surface area contributed by atoms with Crippen LogP contribution >= 0.6 is 0 Å². The van der Waals surface area contributed by atoms with Gasteiger partial charge in [-0.2, -0.15) is 0 Å². The number of para-hydroxylation sites is 1. The Labute approximate surface area is 125 Å². The fraction of sp³-hybridized carbons (Fsp3) is 0.500. The molecule has 1 saturated carbocycles. The molecule has 0 aliphatic heterocycles. The molecule has 0 bridgehead atoms. The van der Waals surface area contributed by atoms with Crippen LogP contribution in [0.25, 0.3) is 0 Å². The highest BCUT2D eigenvalue weighted by Gasteiger charge is 2.30. The van der Waals surface area contributed by atoms with Gasteiger partial charge in [0.1, 0.15) is 0 Å². The Morgan fingerprint density at radius 2 is 1.90 bits per heavy atom. The molecule has 21 heavy (non-hydrogen) atoms. The number of carbonyl (C=O) groups excluding carboxylic acids is 1. The van der Waals surface area contributed by atoms with E-state index in [0.717, 1.165) is 6.54 Å². The average Bonchev–Trinajstić information content (AvgIpc) is 3.27. The molecule has 0 aromatic heterocycles. The van der Waals surface area contributed by atoms with Crippen molar-refractivity contribution in [2.24, 2.45) is 5.92 Å². The van der Waals surface area contributed by atoms with Crippen LogP contribution < -0.4 is 4.90 Å². The number of nitrogens with zero attached hydrogens (tertiary/aromatic N) is 2. The lowest BCUT2D eigenvalue weighted by molar-refractivity contribution is 0.0697. The number of urea groups is 1. The molecule has 114 valence electrons. The molecule has 0 atom stereocenters. The molecule has 0 unspecified atom stereocenters. The van der Waals surface area contributed by atoms with Crippen LogP contribution in [0.3, 0.4) is 0 Å². The van der Waals surface area contributed by atoms with Crippen LogP contribution in [-0.2, 0) is 0 Å². The zero-order valence-electron chi connectivity index (χ0n) is 12.7. The minimum atomic E-state index is -1.02. The largest absolute Gasteiger partial charge is 0.478 e. The molecular formula is C16H22N2O3. The van der Waals surface area contributed by atoms with Gasteiger partial charge in [0.05, 0.1) is 11.3 Å². The number of rotatable bonds is 5. The molecule has 2 rings (SSSR count). The topological polar surface area (TPSA) is 60.9 Å². The van der Waals surface area contributed by atoms with Gasteiger partial charge in [0.25, 0.3) is 0 Å². The molecular weight excluding hydrogens is 268 g/mol. The quantitative estimate of drug-likeness (QED) is 0.906. The van der Waals surface area contributed by atoms with Crippen molar-refractivity contribution in [1.82, 2.24) is 4.90 Å². The molecule has 1 aromatic carbocycles. The summed E-state index contributed by atoms with van der Waals surface area (Å²) in [5.74, 6) is -0.428. The minimum Gasteiger partial charge on any atom is -0.478 e. The maximum Gasteiger partial charge on any atom is 0.337 e. The number of amides is 2. The summed E-state index contributed by atoms with van der Waals surface area (Å²) in [6.07, 6.45) is 2.35. The molecule has 0 saturated heterocycles. The van der Waals surface area contributed by atoms with Crippen LogP contribution in [0.2, 0.25) is 0 Å². The third-order valence-electron chi connectivity index (χ3n) is 3.80. The van der Waals surface area contributed by atoms with Crippen molar-refractivity contribution in [1.29, 1.82) is 0 Å². The van der Waals surface area contributed by atoms with Crippen molar-refractivity contribution in [2.45, 2.75) is 32.7 Å². The monoisotopic (exact) mass is 290 g/mol. The standard InChI is InChI=1S/C16H22N2O3/c1-11(2)18(10-12-8-9-12)16(21)17(3)14-7-5-4-6-13(14)15(19)20/h4-7,11-12H,8-10H2,1-3H3,(H,19,20). The smallest absolute Gasteiger partial charge is 0.337 e. The number of aromatic carboxylic acids is 1. The van der Waals surface area contributed by atoms with Gasteiger partial charge in [-0.05, 0) is 44.7 Å². The van der Waals surface area contributed by atoms with Crippen LogP contribution in [0.5, 0.6) is 0 Å². The van der Waals surface area contributed by atoms with Gasteiger partial charge in [0, 0.05) is 19.6 Å². The molecule has 0 radical (unpaired) electrons. The average molecular weight is 290 g/mol. The van der Waals surface area contributed by atoms with E-state index in [0.29, 0.717) is 11.6 Å². The molecule has 2 amide bonds. The van der Waals surface area contributed by atoms with E-state index in [1.165, 1.54) is 23.8 Å². The van der Waals surface area contributed by atoms with E-state index in [9.17, 15) is 14.7 Å². The fourth-order valence-corrected chi connectivity index (χ4v) is 2.33. The summed E-state index contributed by atoms with van der Waals surface area (Å²) >= 11 is 0. The Morgan fingerprint density at radius 1 is 1.29 bits per heavy atom. The number of anilines is 1. The van der Waals surface area contributed by atoms with Gasteiger partial charge in [-0.25, -0.2) is 9.59 Å². The summed E-state index contributed by atoms with van der Waals surface area (Å²) < 4.78 is 0. The third kappa shape index (κ3) is 3.54. The van der Waals surface area contributed by atoms with Crippen molar-refractivity contribution >= 4 is 17.7 Å². The Kier molecular flexibility index (Phi) is 4.50. The van der Waals surface area contributed by atoms with Crippen LogP contribution in [-0.4, -0.2) is 41.6 Å². The molecule has 1 aliphatic rings. The van der Waals surface area contributed by atoms with E-state index in [-0.39, 0.29) is 17.6 Å². The maximum absolute atomic E-state index is 12.7. The van der Waals surface area contributed by atoms with E-state index in [1.54, 1.807) is 25.2 Å². The van der Waals surface area contributed by atoms with Crippen molar-refractivity contribution in [2.75, 3.05) is 18.5 Å². The SMILES string of the molecule is CC(C)N(CC1CC1)C(=O)N(C)c1ccccc1C(=O)O. The number of hydrogen-bond acceptors (Lipinski definition) is 2. The van der Waals surface area contributed by atoms with Gasteiger partial charge in [-0.1, -0.05) is 12.1 Å². The number of carbonyl (C=O) groups is 2. The van der Waals surface area contributed by atoms with Crippen LogP contribution in [0.1, 0.15) is 37.0 Å². The summed E-state index contributed by atoms with van der Waals surface area (Å²) in [4.78, 5) is 27.2. The van der Waals surface area contributed by atoms with Crippen molar-refractivity contribution < 1.29 is 14.7 Å². The Balaban J connectivity index is 2.22. The normalized spacial score (nSPS) is 14.1. The van der Waals surface area contributed by atoms with Gasteiger partial charge in [-0.15, -0.1) is 0 Å². The lowest BCUT2D eigenvalue weighted by atomic mass is 10.1. The first-order valence-corrected chi connectivity index (χ1v) is 7.28.